The van der Waals surface area contributed by atoms with Crippen LogP contribution >= 0.6 is 0 Å². The maximum atomic E-state index is 3.48. The summed E-state index contributed by atoms with van der Waals surface area (Å²) in [5.74, 6) is 3.08. The van der Waals surface area contributed by atoms with E-state index in [9.17, 15) is 0 Å². The molecule has 0 bridgehead atoms. The van der Waals surface area contributed by atoms with Gasteiger partial charge >= 0.3 is 0 Å². The number of hydrogen-bond donors (Lipinski definition) is 1. The Morgan fingerprint density at radius 2 is 2.00 bits per heavy atom. The van der Waals surface area contributed by atoms with Gasteiger partial charge in [-0.3, -0.25) is 0 Å². The number of nitrogens with one attached hydrogen (secondary N) is 1. The molecule has 3 unspecified atom stereocenters. The maximum absolute atomic E-state index is 3.48. The Bertz CT molecular complexity index is 138. The molecule has 0 aromatic carbocycles. The van der Waals surface area contributed by atoms with Crippen molar-refractivity contribution in [2.45, 2.75) is 39.0 Å². The highest BCUT2D eigenvalue weighted by Crippen LogP contribution is 2.35. The summed E-state index contributed by atoms with van der Waals surface area (Å²) in [6, 6.07) is 0. The van der Waals surface area contributed by atoms with Crippen LogP contribution in [0.15, 0.2) is 0 Å². The van der Waals surface area contributed by atoms with E-state index in [0.29, 0.717) is 0 Å². The molecule has 1 heterocycles. The highest BCUT2D eigenvalue weighted by Gasteiger charge is 2.28. The standard InChI is InChI=1S/C11H21N/c1-9-3-2-4-10(7-9)11-5-6-12-8-11/h9-12H,2-8H2,1H3. The summed E-state index contributed by atoms with van der Waals surface area (Å²) in [4.78, 5) is 0. The Labute approximate surface area is 75.9 Å². The lowest BCUT2D eigenvalue weighted by atomic mass is 9.75. The Morgan fingerprint density at radius 1 is 1.08 bits per heavy atom. The Kier molecular flexibility index (Phi) is 2.69. The molecule has 0 radical (unpaired) electrons. The van der Waals surface area contributed by atoms with Gasteiger partial charge in [0.05, 0.1) is 0 Å². The summed E-state index contributed by atoms with van der Waals surface area (Å²) < 4.78 is 0. The van der Waals surface area contributed by atoms with Crippen molar-refractivity contribution in [2.24, 2.45) is 17.8 Å². The molecular weight excluding hydrogens is 146 g/mol. The van der Waals surface area contributed by atoms with Gasteiger partial charge in [0, 0.05) is 0 Å². The van der Waals surface area contributed by atoms with Gasteiger partial charge in [-0.15, -0.1) is 0 Å². The maximum Gasteiger partial charge on any atom is -0.00174 e. The fourth-order valence-corrected chi connectivity index (χ4v) is 2.99. The van der Waals surface area contributed by atoms with Gasteiger partial charge < -0.3 is 5.32 Å². The quantitative estimate of drug-likeness (QED) is 0.632. The van der Waals surface area contributed by atoms with E-state index in [4.69, 9.17) is 0 Å². The molecule has 0 aromatic heterocycles. The van der Waals surface area contributed by atoms with Crippen LogP contribution in [-0.2, 0) is 0 Å². The van der Waals surface area contributed by atoms with E-state index in [2.05, 4.69) is 12.2 Å². The fourth-order valence-electron chi connectivity index (χ4n) is 2.99. The molecule has 2 aliphatic rings. The van der Waals surface area contributed by atoms with Crippen LogP contribution in [0.4, 0.5) is 0 Å². The Morgan fingerprint density at radius 3 is 2.67 bits per heavy atom. The highest BCUT2D eigenvalue weighted by atomic mass is 14.9. The van der Waals surface area contributed by atoms with Crippen molar-refractivity contribution >= 4 is 0 Å². The largest absolute Gasteiger partial charge is 0.316 e. The second kappa shape index (κ2) is 3.78. The zero-order valence-electron chi connectivity index (χ0n) is 8.18. The van der Waals surface area contributed by atoms with Gasteiger partial charge in [-0.2, -0.15) is 0 Å². The first-order chi connectivity index (χ1) is 5.86. The van der Waals surface area contributed by atoms with Crippen LogP contribution in [-0.4, -0.2) is 13.1 Å². The summed E-state index contributed by atoms with van der Waals surface area (Å²) in [6.07, 6.45) is 7.43. The average Bonchev–Trinajstić information content (AvgIpc) is 2.56. The van der Waals surface area contributed by atoms with E-state index in [-0.39, 0.29) is 0 Å². The van der Waals surface area contributed by atoms with Gasteiger partial charge in [0.25, 0.3) is 0 Å². The summed E-state index contributed by atoms with van der Waals surface area (Å²) in [5.41, 5.74) is 0. The predicted molar refractivity (Wildman–Crippen MR) is 52.1 cm³/mol. The van der Waals surface area contributed by atoms with E-state index in [1.165, 1.54) is 45.2 Å². The predicted octanol–water partition coefficient (Wildman–Crippen LogP) is 2.42. The minimum atomic E-state index is 1.00. The van der Waals surface area contributed by atoms with E-state index >= 15 is 0 Å². The zero-order valence-corrected chi connectivity index (χ0v) is 8.18. The lowest BCUT2D eigenvalue weighted by Gasteiger charge is -2.30. The van der Waals surface area contributed by atoms with Crippen molar-refractivity contribution in [3.05, 3.63) is 0 Å². The molecule has 0 amide bonds. The number of rotatable bonds is 1. The summed E-state index contributed by atoms with van der Waals surface area (Å²) in [7, 11) is 0. The molecule has 0 spiro atoms. The third-order valence-corrected chi connectivity index (χ3v) is 3.74. The minimum Gasteiger partial charge on any atom is -0.316 e. The molecule has 70 valence electrons. The second-order valence-corrected chi connectivity index (χ2v) is 4.78. The molecule has 1 aliphatic heterocycles. The van der Waals surface area contributed by atoms with Crippen molar-refractivity contribution in [3.63, 3.8) is 0 Å². The van der Waals surface area contributed by atoms with Gasteiger partial charge in [-0.25, -0.2) is 0 Å². The van der Waals surface area contributed by atoms with Gasteiger partial charge in [-0.05, 0) is 43.7 Å². The van der Waals surface area contributed by atoms with Crippen molar-refractivity contribution < 1.29 is 0 Å². The van der Waals surface area contributed by atoms with E-state index in [0.717, 1.165) is 17.8 Å². The van der Waals surface area contributed by atoms with E-state index in [1.807, 2.05) is 0 Å². The fraction of sp³-hybridized carbons (Fsp3) is 1.00. The molecule has 2 fully saturated rings. The highest BCUT2D eigenvalue weighted by molar-refractivity contribution is 4.81. The first kappa shape index (κ1) is 8.55. The molecular formula is C11H21N. The van der Waals surface area contributed by atoms with Gasteiger partial charge in [0.1, 0.15) is 0 Å². The van der Waals surface area contributed by atoms with Crippen LogP contribution in [0.3, 0.4) is 0 Å². The molecule has 0 aromatic rings. The van der Waals surface area contributed by atoms with Crippen LogP contribution in [0.1, 0.15) is 39.0 Å². The molecule has 2 rings (SSSR count). The van der Waals surface area contributed by atoms with Crippen LogP contribution in [0.25, 0.3) is 0 Å². The van der Waals surface area contributed by atoms with Crippen LogP contribution in [0, 0.1) is 17.8 Å². The second-order valence-electron chi connectivity index (χ2n) is 4.78. The van der Waals surface area contributed by atoms with Crippen molar-refractivity contribution in [2.75, 3.05) is 13.1 Å². The van der Waals surface area contributed by atoms with Gasteiger partial charge in [0.2, 0.25) is 0 Å². The molecule has 3 atom stereocenters. The van der Waals surface area contributed by atoms with E-state index < -0.39 is 0 Å². The third-order valence-electron chi connectivity index (χ3n) is 3.74. The SMILES string of the molecule is CC1CCCC(C2CCNC2)C1. The van der Waals surface area contributed by atoms with Crippen LogP contribution < -0.4 is 5.32 Å². The van der Waals surface area contributed by atoms with Crippen LogP contribution in [0.2, 0.25) is 0 Å². The molecule has 1 heteroatoms. The lowest BCUT2D eigenvalue weighted by molar-refractivity contribution is 0.215. The smallest absolute Gasteiger partial charge is 0.00174 e. The van der Waals surface area contributed by atoms with Crippen LogP contribution in [0.5, 0.6) is 0 Å². The normalized spacial score (nSPS) is 43.2. The lowest BCUT2D eigenvalue weighted by Crippen LogP contribution is -2.23. The first-order valence-electron chi connectivity index (χ1n) is 5.57. The topological polar surface area (TPSA) is 12.0 Å². The molecule has 1 saturated carbocycles. The molecule has 1 N–H and O–H groups in total. The number of hydrogen-bond acceptors (Lipinski definition) is 1. The summed E-state index contributed by atoms with van der Waals surface area (Å²) >= 11 is 0. The first-order valence-corrected chi connectivity index (χ1v) is 5.57. The monoisotopic (exact) mass is 167 g/mol. The molecule has 1 nitrogen and oxygen atoms in total. The Balaban J connectivity index is 1.85. The van der Waals surface area contributed by atoms with Gasteiger partial charge in [-0.1, -0.05) is 26.2 Å². The zero-order chi connectivity index (χ0) is 8.39. The Hall–Kier alpha value is -0.0400. The third kappa shape index (κ3) is 1.82. The van der Waals surface area contributed by atoms with Crippen molar-refractivity contribution in [3.8, 4) is 0 Å². The minimum absolute atomic E-state index is 1.00. The summed E-state index contributed by atoms with van der Waals surface area (Å²) in [5, 5.41) is 3.48. The molecule has 1 aliphatic carbocycles. The van der Waals surface area contributed by atoms with Gasteiger partial charge in [0.15, 0.2) is 0 Å². The molecule has 12 heavy (non-hydrogen) atoms. The summed E-state index contributed by atoms with van der Waals surface area (Å²) in [6.45, 7) is 5.00. The van der Waals surface area contributed by atoms with E-state index in [1.54, 1.807) is 0 Å². The average molecular weight is 167 g/mol. The van der Waals surface area contributed by atoms with Crippen molar-refractivity contribution in [1.82, 2.24) is 5.32 Å². The molecule has 1 saturated heterocycles. The van der Waals surface area contributed by atoms with Crippen molar-refractivity contribution in [1.29, 1.82) is 0 Å².